The van der Waals surface area contributed by atoms with Crippen molar-refractivity contribution >= 4 is 17.8 Å². The number of hydrogen-bond donors (Lipinski definition) is 0. The van der Waals surface area contributed by atoms with Crippen LogP contribution in [0.15, 0.2) is 24.3 Å². The van der Waals surface area contributed by atoms with Gasteiger partial charge in [-0.25, -0.2) is 4.79 Å². The number of fused-ring (bicyclic) bond motifs is 1. The first-order chi connectivity index (χ1) is 10.1. The van der Waals surface area contributed by atoms with Crippen molar-refractivity contribution in [3.63, 3.8) is 0 Å². The minimum atomic E-state index is -0.606. The molecule has 21 heavy (non-hydrogen) atoms. The van der Waals surface area contributed by atoms with Crippen molar-refractivity contribution in [1.82, 2.24) is 5.06 Å². The van der Waals surface area contributed by atoms with Crippen LogP contribution < -0.4 is 0 Å². The van der Waals surface area contributed by atoms with E-state index in [1.165, 1.54) is 12.1 Å². The maximum absolute atomic E-state index is 12.1. The van der Waals surface area contributed by atoms with Crippen molar-refractivity contribution in [2.45, 2.75) is 20.0 Å². The van der Waals surface area contributed by atoms with Crippen molar-refractivity contribution in [2.75, 3.05) is 6.61 Å². The van der Waals surface area contributed by atoms with Gasteiger partial charge in [0, 0.05) is 6.61 Å². The van der Waals surface area contributed by atoms with Crippen LogP contribution in [0.5, 0.6) is 0 Å². The first-order valence-corrected chi connectivity index (χ1v) is 6.87. The molecule has 3 atom stereocenters. The van der Waals surface area contributed by atoms with Crippen molar-refractivity contribution in [1.29, 1.82) is 0 Å². The summed E-state index contributed by atoms with van der Waals surface area (Å²) in [4.78, 5) is 41.2. The van der Waals surface area contributed by atoms with Gasteiger partial charge in [0.05, 0.1) is 23.1 Å². The zero-order valence-corrected chi connectivity index (χ0v) is 11.7. The molecule has 0 aromatic heterocycles. The third kappa shape index (κ3) is 2.12. The van der Waals surface area contributed by atoms with Crippen molar-refractivity contribution in [3.05, 3.63) is 35.4 Å². The SMILES string of the molecule is CCOC1C(C)C1C(=O)ON1C(=O)c2ccccc2C1=O. The number of amides is 2. The lowest BCUT2D eigenvalue weighted by molar-refractivity contribution is -0.171. The lowest BCUT2D eigenvalue weighted by Crippen LogP contribution is -2.33. The second kappa shape index (κ2) is 4.96. The minimum absolute atomic E-state index is 0.0348. The summed E-state index contributed by atoms with van der Waals surface area (Å²) in [5.41, 5.74) is 0.501. The fraction of sp³-hybridized carbons (Fsp3) is 0.400. The normalized spacial score (nSPS) is 26.8. The first-order valence-electron chi connectivity index (χ1n) is 6.87. The Morgan fingerprint density at radius 1 is 1.19 bits per heavy atom. The van der Waals surface area contributed by atoms with E-state index in [4.69, 9.17) is 9.57 Å². The van der Waals surface area contributed by atoms with E-state index in [-0.39, 0.29) is 23.1 Å². The summed E-state index contributed by atoms with van der Waals surface area (Å²) < 4.78 is 5.39. The molecule has 3 rings (SSSR count). The zero-order chi connectivity index (χ0) is 15.1. The fourth-order valence-electron chi connectivity index (χ4n) is 2.62. The Labute approximate surface area is 121 Å². The number of hydrogen-bond acceptors (Lipinski definition) is 5. The molecule has 0 saturated heterocycles. The molecule has 1 aromatic rings. The van der Waals surface area contributed by atoms with Crippen LogP contribution in [0.3, 0.4) is 0 Å². The van der Waals surface area contributed by atoms with Crippen molar-refractivity contribution in [3.8, 4) is 0 Å². The highest BCUT2D eigenvalue weighted by atomic mass is 16.7. The molecule has 2 amide bonds. The van der Waals surface area contributed by atoms with Gasteiger partial charge in [-0.3, -0.25) is 9.59 Å². The first kappa shape index (κ1) is 13.8. The highest BCUT2D eigenvalue weighted by Crippen LogP contribution is 2.42. The number of nitrogens with zero attached hydrogens (tertiary/aromatic N) is 1. The third-order valence-electron chi connectivity index (χ3n) is 3.87. The molecule has 1 heterocycles. The molecule has 110 valence electrons. The number of carbonyl (C=O) groups excluding carboxylic acids is 3. The summed E-state index contributed by atoms with van der Waals surface area (Å²) >= 11 is 0. The molecular formula is C15H15NO5. The van der Waals surface area contributed by atoms with Gasteiger partial charge in [-0.1, -0.05) is 24.1 Å². The molecule has 1 fully saturated rings. The average Bonchev–Trinajstić information content (AvgIpc) is 3.06. The fourth-order valence-corrected chi connectivity index (χ4v) is 2.62. The number of rotatable bonds is 4. The smallest absolute Gasteiger partial charge is 0.339 e. The van der Waals surface area contributed by atoms with Crippen molar-refractivity contribution in [2.24, 2.45) is 11.8 Å². The molecule has 0 N–H and O–H groups in total. The van der Waals surface area contributed by atoms with Gasteiger partial charge in [0.15, 0.2) is 0 Å². The van der Waals surface area contributed by atoms with Crippen LogP contribution in [0.2, 0.25) is 0 Å². The molecule has 1 aliphatic heterocycles. The molecule has 6 heteroatoms. The van der Waals surface area contributed by atoms with Gasteiger partial charge in [0.1, 0.15) is 0 Å². The molecular weight excluding hydrogens is 274 g/mol. The summed E-state index contributed by atoms with van der Waals surface area (Å²) in [5.74, 6) is -2.20. The Morgan fingerprint density at radius 2 is 1.76 bits per heavy atom. The van der Waals surface area contributed by atoms with Crippen LogP contribution in [0, 0.1) is 11.8 Å². The predicted octanol–water partition coefficient (Wildman–Crippen LogP) is 1.41. The quantitative estimate of drug-likeness (QED) is 0.784. The van der Waals surface area contributed by atoms with Crippen LogP contribution in [-0.2, 0) is 14.4 Å². The van der Waals surface area contributed by atoms with E-state index in [2.05, 4.69) is 0 Å². The maximum atomic E-state index is 12.1. The summed E-state index contributed by atoms with van der Waals surface area (Å²) in [6, 6.07) is 6.38. The Morgan fingerprint density at radius 3 is 2.29 bits per heavy atom. The lowest BCUT2D eigenvalue weighted by Gasteiger charge is -2.12. The van der Waals surface area contributed by atoms with Crippen LogP contribution >= 0.6 is 0 Å². The molecule has 0 radical (unpaired) electrons. The Bertz CT molecular complexity index is 591. The molecule has 1 aromatic carbocycles. The monoisotopic (exact) mass is 289 g/mol. The topological polar surface area (TPSA) is 72.9 Å². The number of imide groups is 1. The molecule has 2 aliphatic rings. The Hall–Kier alpha value is -2.21. The van der Waals surface area contributed by atoms with E-state index in [0.29, 0.717) is 11.7 Å². The molecule has 3 unspecified atom stereocenters. The van der Waals surface area contributed by atoms with E-state index in [1.54, 1.807) is 12.1 Å². The van der Waals surface area contributed by atoms with Gasteiger partial charge in [-0.15, -0.1) is 0 Å². The van der Waals surface area contributed by atoms with E-state index >= 15 is 0 Å². The summed E-state index contributed by atoms with van der Waals surface area (Å²) in [7, 11) is 0. The number of benzene rings is 1. The van der Waals surface area contributed by atoms with E-state index in [9.17, 15) is 14.4 Å². The van der Waals surface area contributed by atoms with Gasteiger partial charge in [-0.2, -0.15) is 0 Å². The second-order valence-electron chi connectivity index (χ2n) is 5.17. The van der Waals surface area contributed by atoms with Crippen LogP contribution in [0.1, 0.15) is 34.6 Å². The molecule has 0 spiro atoms. The van der Waals surface area contributed by atoms with E-state index < -0.39 is 23.7 Å². The van der Waals surface area contributed by atoms with E-state index in [1.807, 2.05) is 13.8 Å². The Balaban J connectivity index is 1.72. The molecule has 6 nitrogen and oxygen atoms in total. The number of carbonyl (C=O) groups is 3. The van der Waals surface area contributed by atoms with Crippen LogP contribution in [-0.4, -0.2) is 35.6 Å². The van der Waals surface area contributed by atoms with E-state index in [0.717, 1.165) is 0 Å². The van der Waals surface area contributed by atoms with Gasteiger partial charge in [-0.05, 0) is 25.0 Å². The van der Waals surface area contributed by atoms with Gasteiger partial charge in [0.2, 0.25) is 0 Å². The van der Waals surface area contributed by atoms with Crippen LogP contribution in [0.4, 0.5) is 0 Å². The van der Waals surface area contributed by atoms with Gasteiger partial charge in [0.25, 0.3) is 11.8 Å². The number of ether oxygens (including phenoxy) is 1. The lowest BCUT2D eigenvalue weighted by atomic mass is 10.1. The highest BCUT2D eigenvalue weighted by molar-refractivity contribution is 6.20. The van der Waals surface area contributed by atoms with Crippen LogP contribution in [0.25, 0.3) is 0 Å². The second-order valence-corrected chi connectivity index (χ2v) is 5.17. The maximum Gasteiger partial charge on any atom is 0.339 e. The van der Waals surface area contributed by atoms with Gasteiger partial charge < -0.3 is 9.57 Å². The van der Waals surface area contributed by atoms with Crippen molar-refractivity contribution < 1.29 is 24.0 Å². The summed E-state index contributed by atoms with van der Waals surface area (Å²) in [5, 5.41) is 0.543. The number of hydroxylamine groups is 2. The largest absolute Gasteiger partial charge is 0.377 e. The third-order valence-corrected chi connectivity index (χ3v) is 3.87. The minimum Gasteiger partial charge on any atom is -0.377 e. The summed E-state index contributed by atoms with van der Waals surface area (Å²) in [6.45, 7) is 4.22. The summed E-state index contributed by atoms with van der Waals surface area (Å²) in [6.07, 6.45) is -0.197. The molecule has 1 saturated carbocycles. The predicted molar refractivity (Wildman–Crippen MR) is 71.1 cm³/mol. The van der Waals surface area contributed by atoms with Gasteiger partial charge >= 0.3 is 5.97 Å². The standard InChI is InChI=1S/C15H15NO5/c1-3-20-12-8(2)11(12)15(19)21-16-13(17)9-6-4-5-7-10(9)14(16)18/h4-8,11-12H,3H2,1-2H3. The molecule has 1 aliphatic carbocycles. The Kier molecular flexibility index (Phi) is 3.25. The average molecular weight is 289 g/mol. The highest BCUT2D eigenvalue weighted by Gasteiger charge is 2.55. The molecule has 0 bridgehead atoms. The zero-order valence-electron chi connectivity index (χ0n) is 11.7.